The number of amides is 1. The highest BCUT2D eigenvalue weighted by Gasteiger charge is 2.51. The summed E-state index contributed by atoms with van der Waals surface area (Å²) in [5.74, 6) is -0.255. The number of carbonyl (C=O) groups excluding carboxylic acids is 1. The molecule has 9 N–H and O–H groups in total. The molecular formula is C52H95NO13. The largest absolute Gasteiger partial charge is 0.394 e. The number of allylic oxidation sites excluding steroid dienone is 5. The number of aliphatic hydroxyl groups excluding tert-OH is 8. The molecule has 2 rings (SSSR count). The van der Waals surface area contributed by atoms with Gasteiger partial charge < -0.3 is 65.1 Å². The molecular weight excluding hydrogens is 847 g/mol. The van der Waals surface area contributed by atoms with Crippen LogP contribution >= 0.6 is 0 Å². The molecule has 0 aliphatic carbocycles. The summed E-state index contributed by atoms with van der Waals surface area (Å²) in [5, 5.41) is 86.7. The Bertz CT molecular complexity index is 1250. The topological polar surface area (TPSA) is 228 Å². The summed E-state index contributed by atoms with van der Waals surface area (Å²) < 4.78 is 22.7. The second-order valence-electron chi connectivity index (χ2n) is 18.6. The lowest BCUT2D eigenvalue weighted by Gasteiger charge is -2.46. The molecule has 14 heteroatoms. The highest BCUT2D eigenvalue weighted by molar-refractivity contribution is 5.76. The van der Waals surface area contributed by atoms with E-state index in [1.165, 1.54) is 122 Å². The van der Waals surface area contributed by atoms with Crippen molar-refractivity contribution < 1.29 is 64.6 Å². The monoisotopic (exact) mass is 942 g/mol. The lowest BCUT2D eigenvalue weighted by atomic mass is 9.97. The van der Waals surface area contributed by atoms with E-state index in [9.17, 15) is 45.6 Å². The first-order valence-electron chi connectivity index (χ1n) is 26.2. The molecule has 2 saturated heterocycles. The summed E-state index contributed by atoms with van der Waals surface area (Å²) >= 11 is 0. The van der Waals surface area contributed by atoms with Crippen molar-refractivity contribution in [2.45, 2.75) is 267 Å². The van der Waals surface area contributed by atoms with E-state index >= 15 is 0 Å². The number of ether oxygens (including phenoxy) is 4. The van der Waals surface area contributed by atoms with Gasteiger partial charge in [0.1, 0.15) is 48.8 Å². The van der Waals surface area contributed by atoms with Crippen LogP contribution in [-0.4, -0.2) is 140 Å². The number of hydrogen-bond donors (Lipinski definition) is 9. The minimum absolute atomic E-state index is 0.255. The molecule has 0 bridgehead atoms. The zero-order chi connectivity index (χ0) is 48.2. The highest BCUT2D eigenvalue weighted by atomic mass is 16.7. The molecule has 0 aromatic rings. The van der Waals surface area contributed by atoms with Gasteiger partial charge >= 0.3 is 0 Å². The van der Waals surface area contributed by atoms with E-state index in [0.717, 1.165) is 38.5 Å². The molecule has 2 fully saturated rings. The molecule has 0 aromatic heterocycles. The Kier molecular flexibility index (Phi) is 35.6. The lowest BCUT2D eigenvalue weighted by Crippen LogP contribution is -2.65. The van der Waals surface area contributed by atoms with Crippen molar-refractivity contribution in [1.29, 1.82) is 0 Å². The minimum atomic E-state index is -1.79. The Morgan fingerprint density at radius 3 is 1.48 bits per heavy atom. The molecule has 0 saturated carbocycles. The number of rotatable bonds is 40. The van der Waals surface area contributed by atoms with Gasteiger partial charge in [0.2, 0.25) is 5.91 Å². The van der Waals surface area contributed by atoms with Crippen LogP contribution in [0, 0.1) is 0 Å². The average Bonchev–Trinajstić information content (AvgIpc) is 3.31. The van der Waals surface area contributed by atoms with Crippen LogP contribution in [0.5, 0.6) is 0 Å². The molecule has 12 unspecified atom stereocenters. The van der Waals surface area contributed by atoms with Crippen molar-refractivity contribution >= 4 is 5.91 Å². The number of nitrogens with one attached hydrogen (secondary N) is 1. The second kappa shape index (κ2) is 39.0. The van der Waals surface area contributed by atoms with Crippen LogP contribution < -0.4 is 5.32 Å². The first-order chi connectivity index (χ1) is 32.1. The third kappa shape index (κ3) is 25.7. The van der Waals surface area contributed by atoms with Gasteiger partial charge in [-0.2, -0.15) is 0 Å². The van der Waals surface area contributed by atoms with E-state index in [0.29, 0.717) is 12.8 Å². The van der Waals surface area contributed by atoms with Crippen LogP contribution in [0.4, 0.5) is 0 Å². The fourth-order valence-corrected chi connectivity index (χ4v) is 8.48. The van der Waals surface area contributed by atoms with E-state index in [2.05, 4.69) is 43.5 Å². The minimum Gasteiger partial charge on any atom is -0.394 e. The van der Waals surface area contributed by atoms with Gasteiger partial charge in [-0.05, 0) is 57.8 Å². The highest BCUT2D eigenvalue weighted by Crippen LogP contribution is 2.30. The second-order valence-corrected chi connectivity index (χ2v) is 18.6. The van der Waals surface area contributed by atoms with Crippen molar-refractivity contribution in [2.75, 3.05) is 19.8 Å². The van der Waals surface area contributed by atoms with Gasteiger partial charge in [0.05, 0.1) is 32.0 Å². The summed E-state index contributed by atoms with van der Waals surface area (Å²) in [6.07, 6.45) is 27.5. The fourth-order valence-electron chi connectivity index (χ4n) is 8.48. The van der Waals surface area contributed by atoms with Gasteiger partial charge in [-0.3, -0.25) is 4.79 Å². The SMILES string of the molecule is CCCCCCCCC/C=C\CCCCCCCCCC(=O)NC(COC1OC(CO)C(OC2OC(CO)C(O)C(O)C2O)C(O)C1O)C(O)/C=C/CC/C=C/CCCCCCCCCC. The van der Waals surface area contributed by atoms with E-state index in [4.69, 9.17) is 18.9 Å². The van der Waals surface area contributed by atoms with Crippen molar-refractivity contribution in [1.82, 2.24) is 5.32 Å². The van der Waals surface area contributed by atoms with E-state index in [1.807, 2.05) is 6.08 Å². The van der Waals surface area contributed by atoms with Gasteiger partial charge in [0.15, 0.2) is 12.6 Å². The van der Waals surface area contributed by atoms with E-state index in [-0.39, 0.29) is 18.9 Å². The Morgan fingerprint density at radius 2 is 0.970 bits per heavy atom. The molecule has 1 amide bonds. The molecule has 14 nitrogen and oxygen atoms in total. The van der Waals surface area contributed by atoms with Crippen LogP contribution in [0.15, 0.2) is 36.5 Å². The summed E-state index contributed by atoms with van der Waals surface area (Å²) in [6.45, 7) is 2.75. The number of carbonyl (C=O) groups is 1. The summed E-state index contributed by atoms with van der Waals surface area (Å²) in [6, 6.07) is -0.931. The average molecular weight is 942 g/mol. The third-order valence-electron chi connectivity index (χ3n) is 12.8. The quantitative estimate of drug-likeness (QED) is 0.0221. The molecule has 0 aromatic carbocycles. The van der Waals surface area contributed by atoms with Crippen LogP contribution in [-0.2, 0) is 23.7 Å². The Labute approximate surface area is 398 Å². The van der Waals surface area contributed by atoms with Gasteiger partial charge in [0.25, 0.3) is 0 Å². The lowest BCUT2D eigenvalue weighted by molar-refractivity contribution is -0.359. The summed E-state index contributed by atoms with van der Waals surface area (Å²) in [7, 11) is 0. The van der Waals surface area contributed by atoms with Crippen LogP contribution in [0.3, 0.4) is 0 Å². The first-order valence-corrected chi connectivity index (χ1v) is 26.2. The van der Waals surface area contributed by atoms with Crippen molar-refractivity contribution in [3.05, 3.63) is 36.5 Å². The van der Waals surface area contributed by atoms with E-state index in [1.54, 1.807) is 6.08 Å². The van der Waals surface area contributed by atoms with Gasteiger partial charge in [-0.1, -0.05) is 166 Å². The first kappa shape index (κ1) is 60.3. The molecule has 2 heterocycles. The zero-order valence-corrected chi connectivity index (χ0v) is 40.9. The van der Waals surface area contributed by atoms with Crippen LogP contribution in [0.2, 0.25) is 0 Å². The normalized spacial score (nSPS) is 27.1. The molecule has 0 radical (unpaired) electrons. The predicted molar refractivity (Wildman–Crippen MR) is 258 cm³/mol. The van der Waals surface area contributed by atoms with Gasteiger partial charge in [0, 0.05) is 6.42 Å². The van der Waals surface area contributed by atoms with Crippen LogP contribution in [0.1, 0.15) is 194 Å². The van der Waals surface area contributed by atoms with E-state index < -0.39 is 86.8 Å². The predicted octanol–water partition coefficient (Wildman–Crippen LogP) is 7.10. The van der Waals surface area contributed by atoms with Gasteiger partial charge in [-0.25, -0.2) is 0 Å². The standard InChI is InChI=1S/C52H95NO13/c1-3-5-7-9-11-13-15-17-19-20-21-22-24-26-28-30-32-34-36-44(57)53-40(41(56)35-33-31-29-27-25-23-18-16-14-12-10-8-6-4-2)39-63-51-49(62)47(60)50(43(38-55)65-51)66-52-48(61)46(59)45(58)42(37-54)64-52/h19-20,25,27,33,35,40-43,45-52,54-56,58-62H,3-18,21-24,26,28-32,34,36-39H2,1-2H3,(H,53,57)/b20-19-,27-25+,35-33+. The number of unbranched alkanes of at least 4 members (excludes halogenated alkanes) is 23. The number of hydrogen-bond acceptors (Lipinski definition) is 13. The maximum Gasteiger partial charge on any atom is 0.220 e. The third-order valence-corrected chi connectivity index (χ3v) is 12.8. The Balaban J connectivity index is 1.85. The molecule has 66 heavy (non-hydrogen) atoms. The molecule has 2 aliphatic rings. The Hall–Kier alpha value is -1.79. The smallest absolute Gasteiger partial charge is 0.220 e. The molecule has 12 atom stereocenters. The molecule has 2 aliphatic heterocycles. The summed E-state index contributed by atoms with van der Waals surface area (Å²) in [5.41, 5.74) is 0. The maximum absolute atomic E-state index is 13.2. The number of aliphatic hydroxyl groups is 8. The molecule has 386 valence electrons. The fraction of sp³-hybridized carbons (Fsp3) is 0.865. The zero-order valence-electron chi connectivity index (χ0n) is 40.9. The maximum atomic E-state index is 13.2. The van der Waals surface area contributed by atoms with Crippen molar-refractivity contribution in [3.63, 3.8) is 0 Å². The molecule has 0 spiro atoms. The van der Waals surface area contributed by atoms with Crippen molar-refractivity contribution in [3.8, 4) is 0 Å². The van der Waals surface area contributed by atoms with Gasteiger partial charge in [-0.15, -0.1) is 0 Å². The van der Waals surface area contributed by atoms with Crippen molar-refractivity contribution in [2.24, 2.45) is 0 Å². The van der Waals surface area contributed by atoms with Crippen LogP contribution in [0.25, 0.3) is 0 Å². The summed E-state index contributed by atoms with van der Waals surface area (Å²) in [4.78, 5) is 13.2. The Morgan fingerprint density at radius 1 is 0.530 bits per heavy atom.